The number of aromatic amines is 1. The molecule has 156 valence electrons. The number of H-pyrrole nitrogens is 1. The van der Waals surface area contributed by atoms with Crippen molar-refractivity contribution in [2.75, 3.05) is 19.6 Å². The number of amides is 2. The van der Waals surface area contributed by atoms with Gasteiger partial charge < -0.3 is 15.2 Å². The highest BCUT2D eigenvalue weighted by Gasteiger charge is 2.26. The zero-order valence-corrected chi connectivity index (χ0v) is 17.3. The molecule has 1 fully saturated rings. The van der Waals surface area contributed by atoms with Gasteiger partial charge in [-0.15, -0.1) is 0 Å². The Balaban J connectivity index is 1.22. The number of benzene rings is 1. The van der Waals surface area contributed by atoms with E-state index in [2.05, 4.69) is 22.2 Å². The van der Waals surface area contributed by atoms with Crippen molar-refractivity contribution in [3.8, 4) is 0 Å². The second kappa shape index (κ2) is 9.11. The van der Waals surface area contributed by atoms with Crippen molar-refractivity contribution in [2.45, 2.75) is 26.2 Å². The van der Waals surface area contributed by atoms with Crippen LogP contribution in [0.5, 0.6) is 0 Å². The molecule has 0 radical (unpaired) electrons. The Bertz CT molecular complexity index is 973. The third-order valence-corrected chi connectivity index (χ3v) is 6.20. The number of hydrogen-bond donors (Lipinski definition) is 2. The van der Waals surface area contributed by atoms with E-state index in [4.69, 9.17) is 0 Å². The molecule has 2 amide bonds. The maximum atomic E-state index is 12.6. The van der Waals surface area contributed by atoms with Gasteiger partial charge in [0.25, 0.3) is 11.8 Å². The number of nitrogens with one attached hydrogen (secondary N) is 2. The molecular weight excluding hydrogens is 376 g/mol. The molecule has 30 heavy (non-hydrogen) atoms. The van der Waals surface area contributed by atoms with Crippen LogP contribution < -0.4 is 5.32 Å². The average molecular weight is 405 g/mol. The third-order valence-electron chi connectivity index (χ3n) is 6.20. The molecular formula is C24H28N4O2. The number of aromatic nitrogens is 2. The van der Waals surface area contributed by atoms with Crippen LogP contribution in [0.15, 0.2) is 54.9 Å². The van der Waals surface area contributed by atoms with E-state index >= 15 is 0 Å². The van der Waals surface area contributed by atoms with E-state index in [1.807, 2.05) is 47.4 Å². The summed E-state index contributed by atoms with van der Waals surface area (Å²) in [5.74, 6) is 1.14. The van der Waals surface area contributed by atoms with Crippen LogP contribution in [0.25, 0.3) is 10.9 Å². The van der Waals surface area contributed by atoms with Crippen molar-refractivity contribution in [3.05, 3.63) is 66.1 Å². The quantitative estimate of drug-likeness (QED) is 0.655. The Morgan fingerprint density at radius 3 is 2.70 bits per heavy atom. The largest absolute Gasteiger partial charge is 0.351 e. The Morgan fingerprint density at radius 2 is 1.97 bits per heavy atom. The van der Waals surface area contributed by atoms with Gasteiger partial charge in [0.15, 0.2) is 0 Å². The summed E-state index contributed by atoms with van der Waals surface area (Å²) < 4.78 is 0. The maximum Gasteiger partial charge on any atom is 0.267 e. The van der Waals surface area contributed by atoms with E-state index in [1.54, 1.807) is 12.4 Å². The second-order valence-corrected chi connectivity index (χ2v) is 8.16. The fourth-order valence-corrected chi connectivity index (χ4v) is 4.27. The van der Waals surface area contributed by atoms with Gasteiger partial charge in [-0.2, -0.15) is 0 Å². The van der Waals surface area contributed by atoms with E-state index < -0.39 is 0 Å². The molecule has 4 rings (SSSR count). The molecule has 1 aromatic carbocycles. The van der Waals surface area contributed by atoms with Crippen molar-refractivity contribution in [1.82, 2.24) is 20.2 Å². The summed E-state index contributed by atoms with van der Waals surface area (Å²) in [5, 5.41) is 3.96. The van der Waals surface area contributed by atoms with E-state index in [0.29, 0.717) is 24.1 Å². The molecule has 2 N–H and O–H groups in total. The van der Waals surface area contributed by atoms with Crippen LogP contribution in [0.3, 0.4) is 0 Å². The van der Waals surface area contributed by atoms with Crippen LogP contribution >= 0.6 is 0 Å². The first kappa shape index (κ1) is 20.1. The summed E-state index contributed by atoms with van der Waals surface area (Å²) in [7, 11) is 0. The fourth-order valence-electron chi connectivity index (χ4n) is 4.27. The van der Waals surface area contributed by atoms with Crippen LogP contribution in [0.2, 0.25) is 0 Å². The smallest absolute Gasteiger partial charge is 0.267 e. The van der Waals surface area contributed by atoms with Crippen LogP contribution in [-0.4, -0.2) is 46.3 Å². The van der Waals surface area contributed by atoms with Crippen molar-refractivity contribution < 1.29 is 9.59 Å². The Kier molecular flexibility index (Phi) is 6.12. The Labute approximate surface area is 176 Å². The summed E-state index contributed by atoms with van der Waals surface area (Å²) >= 11 is 0. The minimum Gasteiger partial charge on any atom is -0.351 e. The summed E-state index contributed by atoms with van der Waals surface area (Å²) in [5.41, 5.74) is 2.25. The lowest BCUT2D eigenvalue weighted by Crippen LogP contribution is -2.40. The highest BCUT2D eigenvalue weighted by Crippen LogP contribution is 2.27. The molecule has 2 aromatic heterocycles. The Hall–Kier alpha value is -3.15. The molecule has 1 unspecified atom stereocenters. The molecule has 0 bridgehead atoms. The SMILES string of the molecule is CC(CCNC(=O)c1cc2cnccc2[nH]1)C1CCN(C(=O)c2ccccc2)CC1. The average Bonchev–Trinajstić information content (AvgIpc) is 3.24. The van der Waals surface area contributed by atoms with Crippen LogP contribution in [0, 0.1) is 11.8 Å². The highest BCUT2D eigenvalue weighted by molar-refractivity contribution is 5.97. The van der Waals surface area contributed by atoms with Crippen molar-refractivity contribution in [3.63, 3.8) is 0 Å². The number of pyridine rings is 1. The number of carbonyl (C=O) groups is 2. The summed E-state index contributed by atoms with van der Waals surface area (Å²) in [6.07, 6.45) is 6.43. The first-order valence-corrected chi connectivity index (χ1v) is 10.7. The molecule has 0 spiro atoms. The first-order chi connectivity index (χ1) is 14.6. The molecule has 6 heteroatoms. The summed E-state index contributed by atoms with van der Waals surface area (Å²) in [6.45, 7) is 4.51. The van der Waals surface area contributed by atoms with Gasteiger partial charge in [-0.3, -0.25) is 14.6 Å². The van der Waals surface area contributed by atoms with Gasteiger partial charge in [0.1, 0.15) is 5.69 Å². The lowest BCUT2D eigenvalue weighted by atomic mass is 9.83. The molecule has 3 heterocycles. The van der Waals surface area contributed by atoms with Crippen molar-refractivity contribution >= 4 is 22.7 Å². The number of nitrogens with zero attached hydrogens (tertiary/aromatic N) is 2. The number of carbonyl (C=O) groups excluding carboxylic acids is 2. The standard InChI is InChI=1S/C24H28N4O2/c1-17(7-12-26-23(29)22-15-20-16-25-11-8-21(20)27-22)18-9-13-28(14-10-18)24(30)19-5-3-2-4-6-19/h2-6,8,11,15-18,27H,7,9-10,12-14H2,1H3,(H,26,29). The van der Waals surface area contributed by atoms with Gasteiger partial charge in [-0.25, -0.2) is 0 Å². The third kappa shape index (κ3) is 4.53. The molecule has 1 aliphatic heterocycles. The van der Waals surface area contributed by atoms with Gasteiger partial charge in [0.05, 0.1) is 0 Å². The lowest BCUT2D eigenvalue weighted by molar-refractivity contribution is 0.0658. The first-order valence-electron chi connectivity index (χ1n) is 10.7. The van der Waals surface area contributed by atoms with E-state index in [1.165, 1.54) is 0 Å². The monoisotopic (exact) mass is 404 g/mol. The number of piperidine rings is 1. The molecule has 3 aromatic rings. The van der Waals surface area contributed by atoms with Crippen molar-refractivity contribution in [2.24, 2.45) is 11.8 Å². The predicted octanol–water partition coefficient (Wildman–Crippen LogP) is 3.87. The van der Waals surface area contributed by atoms with E-state index in [9.17, 15) is 9.59 Å². The molecule has 1 saturated heterocycles. The maximum absolute atomic E-state index is 12.6. The van der Waals surface area contributed by atoms with Gasteiger partial charge in [-0.05, 0) is 55.4 Å². The molecule has 0 aliphatic carbocycles. The Morgan fingerprint density at radius 1 is 1.20 bits per heavy atom. The number of rotatable bonds is 6. The predicted molar refractivity (Wildman–Crippen MR) is 117 cm³/mol. The summed E-state index contributed by atoms with van der Waals surface area (Å²) in [4.78, 5) is 34.2. The minimum atomic E-state index is -0.0818. The van der Waals surface area contributed by atoms with Crippen LogP contribution in [0.4, 0.5) is 0 Å². The zero-order valence-electron chi connectivity index (χ0n) is 17.3. The van der Waals surface area contributed by atoms with E-state index in [0.717, 1.165) is 48.8 Å². The van der Waals surface area contributed by atoms with Gasteiger partial charge in [-0.1, -0.05) is 25.1 Å². The molecule has 1 aliphatic rings. The highest BCUT2D eigenvalue weighted by atomic mass is 16.2. The van der Waals surface area contributed by atoms with Gasteiger partial charge in [0, 0.05) is 48.5 Å². The number of fused-ring (bicyclic) bond motifs is 1. The fraction of sp³-hybridized carbons (Fsp3) is 0.375. The number of likely N-dealkylation sites (tertiary alicyclic amines) is 1. The van der Waals surface area contributed by atoms with E-state index in [-0.39, 0.29) is 11.8 Å². The van der Waals surface area contributed by atoms with Crippen molar-refractivity contribution in [1.29, 1.82) is 0 Å². The summed E-state index contributed by atoms with van der Waals surface area (Å²) in [6, 6.07) is 13.2. The second-order valence-electron chi connectivity index (χ2n) is 8.16. The van der Waals surface area contributed by atoms with Crippen LogP contribution in [0.1, 0.15) is 47.0 Å². The molecule has 0 saturated carbocycles. The molecule has 6 nitrogen and oxygen atoms in total. The van der Waals surface area contributed by atoms with Crippen LogP contribution in [-0.2, 0) is 0 Å². The number of hydrogen-bond acceptors (Lipinski definition) is 3. The topological polar surface area (TPSA) is 78.1 Å². The zero-order chi connectivity index (χ0) is 20.9. The minimum absolute atomic E-state index is 0.0818. The van der Waals surface area contributed by atoms with Gasteiger partial charge in [0.2, 0.25) is 0 Å². The molecule has 1 atom stereocenters. The lowest BCUT2D eigenvalue weighted by Gasteiger charge is -2.35. The normalized spacial score (nSPS) is 15.8. The van der Waals surface area contributed by atoms with Gasteiger partial charge >= 0.3 is 0 Å².